The van der Waals surface area contributed by atoms with E-state index >= 15 is 0 Å². The maximum absolute atomic E-state index is 3.60. The van der Waals surface area contributed by atoms with Gasteiger partial charge in [-0.15, -0.1) is 0 Å². The van der Waals surface area contributed by atoms with E-state index in [2.05, 4.69) is 16.4 Å². The van der Waals surface area contributed by atoms with E-state index in [4.69, 9.17) is 0 Å². The summed E-state index contributed by atoms with van der Waals surface area (Å²) in [5, 5.41) is 0. The molecule has 0 aliphatic carbocycles. The summed E-state index contributed by atoms with van der Waals surface area (Å²) in [5.41, 5.74) is 3.60. The second kappa shape index (κ2) is 0.937. The summed E-state index contributed by atoms with van der Waals surface area (Å²) in [5.74, 6) is 0. The number of hydrogen-bond acceptors (Lipinski definition) is 0. The van der Waals surface area contributed by atoms with Gasteiger partial charge in [0, 0.05) is 0 Å². The fourth-order valence-corrected chi connectivity index (χ4v) is 0.250. The molecule has 0 spiro atoms. The van der Waals surface area contributed by atoms with Gasteiger partial charge in [0.15, 0.2) is 0 Å². The number of nitrogens with zero attached hydrogens (tertiary/aromatic N) is 2. The fraction of sp³-hybridized carbons (Fsp3) is 0.667. The Balaban J connectivity index is 2.42. The highest BCUT2D eigenvalue weighted by atomic mass is 15.3. The molecule has 1 radical (unpaired) electrons. The van der Waals surface area contributed by atoms with Crippen LogP contribution in [0.2, 0.25) is 0 Å². The van der Waals surface area contributed by atoms with Crippen LogP contribution in [-0.4, -0.2) is 6.54 Å². The molecular weight excluding hydrogens is 64.0 g/mol. The lowest BCUT2D eigenvalue weighted by Crippen LogP contribution is -1.85. The molecule has 2 heteroatoms. The van der Waals surface area contributed by atoms with Crippen molar-refractivity contribution in [3.8, 4) is 6.07 Å². The van der Waals surface area contributed by atoms with Gasteiger partial charge in [-0.05, 0) is 0 Å². The van der Waals surface area contributed by atoms with E-state index in [1.165, 1.54) is 0 Å². The number of rotatable bonds is 0. The Morgan fingerprint density at radius 1 is 1.80 bits per heavy atom. The average Bonchev–Trinajstić information content (AvgIpc) is 1.76. The smallest absolute Gasteiger partial charge is 0.0958 e. The molecule has 25 valence electrons. The van der Waals surface area contributed by atoms with Gasteiger partial charge in [0.05, 0.1) is 5.43 Å². The van der Waals surface area contributed by atoms with Crippen LogP contribution in [0.25, 0.3) is 4.95 Å². The molecular formula is C3H4N2+. The van der Waals surface area contributed by atoms with Crippen molar-refractivity contribution < 1.29 is 0 Å². The van der Waals surface area contributed by atoms with Gasteiger partial charge in [-0.3, -0.25) is 0 Å². The van der Waals surface area contributed by atoms with Crippen LogP contribution in [0.1, 0.15) is 6.42 Å². The van der Waals surface area contributed by atoms with Crippen LogP contribution < -0.4 is 5.43 Å². The van der Waals surface area contributed by atoms with E-state index in [-0.39, 0.29) is 0 Å². The van der Waals surface area contributed by atoms with Gasteiger partial charge < -0.3 is 0 Å². The minimum absolute atomic E-state index is 0.847. The van der Waals surface area contributed by atoms with Gasteiger partial charge in [-0.2, -0.15) is 0 Å². The Hall–Kier alpha value is -0.710. The van der Waals surface area contributed by atoms with Gasteiger partial charge in [0.1, 0.15) is 17.9 Å². The number of hydrogen-bond donors (Lipinski definition) is 0. The monoisotopic (exact) mass is 68.0 g/mol. The molecule has 0 atom stereocenters. The van der Waals surface area contributed by atoms with E-state index in [9.17, 15) is 0 Å². The lowest BCUT2D eigenvalue weighted by molar-refractivity contribution is 0.890. The summed E-state index contributed by atoms with van der Waals surface area (Å²) in [6.07, 6.45) is 0.917. The van der Waals surface area contributed by atoms with E-state index in [1.807, 2.05) is 0 Å². The third kappa shape index (κ3) is 0.297. The predicted octanol–water partition coefficient (Wildman–Crippen LogP) is 0.242. The SMILES string of the molecule is C1#[N+][N]CC1. The van der Waals surface area contributed by atoms with E-state index < -0.39 is 0 Å². The summed E-state index contributed by atoms with van der Waals surface area (Å²) < 4.78 is 0. The zero-order chi connectivity index (χ0) is 3.54. The van der Waals surface area contributed by atoms with Crippen LogP contribution in [0.15, 0.2) is 0 Å². The first-order valence-corrected chi connectivity index (χ1v) is 1.59. The fourth-order valence-electron chi connectivity index (χ4n) is 0.250. The molecule has 0 aromatic rings. The molecule has 0 saturated carbocycles. The summed E-state index contributed by atoms with van der Waals surface area (Å²) in [4.78, 5) is 3.46. The van der Waals surface area contributed by atoms with Gasteiger partial charge in [-0.25, -0.2) is 0 Å². The first-order chi connectivity index (χ1) is 2.50. The molecule has 0 unspecified atom stereocenters. The topological polar surface area (TPSA) is 18.5 Å². The summed E-state index contributed by atoms with van der Waals surface area (Å²) in [7, 11) is 0. The zero-order valence-corrected chi connectivity index (χ0v) is 2.81. The van der Waals surface area contributed by atoms with Crippen LogP contribution >= 0.6 is 0 Å². The minimum atomic E-state index is 0.847. The van der Waals surface area contributed by atoms with E-state index in [1.54, 1.807) is 0 Å². The molecule has 0 N–H and O–H groups in total. The molecule has 1 heterocycles. The van der Waals surface area contributed by atoms with Crippen LogP contribution in [-0.2, 0) is 0 Å². The standard InChI is InChI=1S/C3H4N2/c1-2-4-5-3-1/h1-2H2/q+1. The molecule has 1 aliphatic rings. The van der Waals surface area contributed by atoms with Gasteiger partial charge in [-0.1, -0.05) is 0 Å². The normalized spacial score (nSPS) is 16.0. The molecule has 0 aromatic heterocycles. The van der Waals surface area contributed by atoms with Gasteiger partial charge in [0.2, 0.25) is 0 Å². The summed E-state index contributed by atoms with van der Waals surface area (Å²) in [6, 6.07) is 2.68. The Labute approximate surface area is 30.6 Å². The van der Waals surface area contributed by atoms with Crippen LogP contribution in [0.4, 0.5) is 0 Å². The Morgan fingerprint density at radius 2 is 2.80 bits per heavy atom. The highest BCUT2D eigenvalue weighted by molar-refractivity contribution is 4.89. The van der Waals surface area contributed by atoms with Crippen molar-refractivity contribution in [2.24, 2.45) is 0 Å². The van der Waals surface area contributed by atoms with E-state index in [0.717, 1.165) is 13.0 Å². The lowest BCUT2D eigenvalue weighted by atomic mass is 10.5. The van der Waals surface area contributed by atoms with Crippen molar-refractivity contribution in [1.82, 2.24) is 5.43 Å². The molecule has 5 heavy (non-hydrogen) atoms. The predicted molar refractivity (Wildman–Crippen MR) is 18.9 cm³/mol. The first kappa shape index (κ1) is 2.52. The van der Waals surface area contributed by atoms with Crippen LogP contribution in [0.3, 0.4) is 0 Å². The molecule has 1 aliphatic heterocycles. The maximum atomic E-state index is 3.60. The maximum Gasteiger partial charge on any atom is 0.323 e. The van der Waals surface area contributed by atoms with Crippen molar-refractivity contribution in [3.05, 3.63) is 4.95 Å². The van der Waals surface area contributed by atoms with Crippen molar-refractivity contribution in [2.75, 3.05) is 6.54 Å². The second-order valence-corrected chi connectivity index (χ2v) is 0.873. The third-order valence-corrected chi connectivity index (χ3v) is 0.465. The van der Waals surface area contributed by atoms with Crippen LogP contribution in [0, 0.1) is 6.07 Å². The van der Waals surface area contributed by atoms with Crippen LogP contribution in [0.5, 0.6) is 0 Å². The molecule has 2 nitrogen and oxygen atoms in total. The Morgan fingerprint density at radius 3 is 3.00 bits per heavy atom. The average molecular weight is 68.1 g/mol. The van der Waals surface area contributed by atoms with E-state index in [0.29, 0.717) is 0 Å². The Bertz CT molecular complexity index is 68.6. The molecule has 1 rings (SSSR count). The first-order valence-electron chi connectivity index (χ1n) is 1.59. The summed E-state index contributed by atoms with van der Waals surface area (Å²) >= 11 is 0. The van der Waals surface area contributed by atoms with Crippen molar-refractivity contribution in [2.45, 2.75) is 6.42 Å². The third-order valence-electron chi connectivity index (χ3n) is 0.465. The van der Waals surface area contributed by atoms with Crippen molar-refractivity contribution >= 4 is 0 Å². The molecule has 0 aromatic carbocycles. The molecule has 0 saturated heterocycles. The van der Waals surface area contributed by atoms with Crippen molar-refractivity contribution in [3.63, 3.8) is 0 Å². The lowest BCUT2D eigenvalue weighted by Gasteiger charge is -1.53. The van der Waals surface area contributed by atoms with Gasteiger partial charge in [0.25, 0.3) is 0 Å². The summed E-state index contributed by atoms with van der Waals surface area (Å²) in [6.45, 7) is 0.847. The largest absolute Gasteiger partial charge is 0.323 e. The quantitative estimate of drug-likeness (QED) is 0.387. The highest BCUT2D eigenvalue weighted by Crippen LogP contribution is 1.81. The zero-order valence-electron chi connectivity index (χ0n) is 2.81. The molecule has 0 fully saturated rings. The Kier molecular flexibility index (Phi) is 0.473. The minimum Gasteiger partial charge on any atom is 0.0958 e. The highest BCUT2D eigenvalue weighted by Gasteiger charge is 2.01. The molecule has 0 bridgehead atoms. The van der Waals surface area contributed by atoms with Crippen molar-refractivity contribution in [1.29, 1.82) is 0 Å². The second-order valence-electron chi connectivity index (χ2n) is 0.873. The van der Waals surface area contributed by atoms with Gasteiger partial charge >= 0.3 is 6.07 Å². The molecule has 0 amide bonds.